The van der Waals surface area contributed by atoms with E-state index in [2.05, 4.69) is 10.6 Å². The van der Waals surface area contributed by atoms with Crippen LogP contribution in [0.25, 0.3) is 0 Å². The number of urea groups is 1. The van der Waals surface area contributed by atoms with E-state index in [1.54, 1.807) is 11.3 Å². The smallest absolute Gasteiger partial charge is 0.323 e. The lowest BCUT2D eigenvalue weighted by Gasteiger charge is -2.12. The normalized spacial score (nSPS) is 11.9. The average Bonchev–Trinajstić information content (AvgIpc) is 2.60. The largest absolute Gasteiger partial charge is 0.480 e. The highest BCUT2D eigenvalue weighted by atomic mass is 32.1. The van der Waals surface area contributed by atoms with Gasteiger partial charge in [0.25, 0.3) is 0 Å². The van der Waals surface area contributed by atoms with Crippen LogP contribution in [0.4, 0.5) is 4.79 Å². The standard InChI is InChI=1S/C11H16N2O3S/c1-7(5-9-4-3-8(2)17-9)13-11(16)12-6-10(14)15/h3-4,7H,5-6H2,1-2H3,(H,14,15)(H2,12,13,16). The lowest BCUT2D eigenvalue weighted by atomic mass is 10.2. The van der Waals surface area contributed by atoms with Crippen molar-refractivity contribution in [2.75, 3.05) is 6.54 Å². The molecule has 0 radical (unpaired) electrons. The third-order valence-corrected chi connectivity index (χ3v) is 3.10. The van der Waals surface area contributed by atoms with Crippen LogP contribution in [-0.2, 0) is 11.2 Å². The number of carboxylic acids is 1. The average molecular weight is 256 g/mol. The molecule has 0 saturated carbocycles. The van der Waals surface area contributed by atoms with Gasteiger partial charge >= 0.3 is 12.0 Å². The minimum absolute atomic E-state index is 0.0261. The van der Waals surface area contributed by atoms with E-state index in [0.29, 0.717) is 0 Å². The zero-order valence-corrected chi connectivity index (χ0v) is 10.6. The maximum atomic E-state index is 11.3. The molecule has 3 N–H and O–H groups in total. The first kappa shape index (κ1) is 13.5. The molecule has 1 aromatic rings. The lowest BCUT2D eigenvalue weighted by molar-refractivity contribution is -0.135. The molecule has 94 valence electrons. The number of carbonyl (C=O) groups excluding carboxylic acids is 1. The molecule has 0 bridgehead atoms. The SMILES string of the molecule is Cc1ccc(CC(C)NC(=O)NCC(=O)O)s1. The monoisotopic (exact) mass is 256 g/mol. The third kappa shape index (κ3) is 5.35. The number of carboxylic acid groups (broad SMARTS) is 1. The Balaban J connectivity index is 2.31. The topological polar surface area (TPSA) is 78.4 Å². The van der Waals surface area contributed by atoms with Gasteiger partial charge in [-0.15, -0.1) is 11.3 Å². The Kier molecular flexibility index (Phi) is 4.96. The first-order valence-corrected chi connectivity index (χ1v) is 6.10. The quantitative estimate of drug-likeness (QED) is 0.744. The number of rotatable bonds is 5. The Hall–Kier alpha value is -1.56. The number of hydrogen-bond acceptors (Lipinski definition) is 3. The number of amides is 2. The van der Waals surface area contributed by atoms with Gasteiger partial charge in [0.05, 0.1) is 0 Å². The summed E-state index contributed by atoms with van der Waals surface area (Å²) >= 11 is 1.70. The Morgan fingerprint density at radius 2 is 2.18 bits per heavy atom. The van der Waals surface area contributed by atoms with Gasteiger partial charge in [0.2, 0.25) is 0 Å². The number of aryl methyl sites for hydroxylation is 1. The molecule has 0 fully saturated rings. The van der Waals surface area contributed by atoms with E-state index in [-0.39, 0.29) is 12.6 Å². The van der Waals surface area contributed by atoms with Crippen LogP contribution in [-0.4, -0.2) is 29.7 Å². The van der Waals surface area contributed by atoms with Crippen molar-refractivity contribution in [3.05, 3.63) is 21.9 Å². The minimum atomic E-state index is -1.05. The van der Waals surface area contributed by atoms with Gasteiger partial charge in [0, 0.05) is 22.2 Å². The molecule has 0 aromatic carbocycles. The van der Waals surface area contributed by atoms with Gasteiger partial charge in [-0.25, -0.2) is 4.79 Å². The molecule has 0 aliphatic carbocycles. The number of carbonyl (C=O) groups is 2. The molecule has 17 heavy (non-hydrogen) atoms. The molecule has 0 saturated heterocycles. The summed E-state index contributed by atoms with van der Waals surface area (Å²) in [5.74, 6) is -1.05. The van der Waals surface area contributed by atoms with E-state index >= 15 is 0 Å². The van der Waals surface area contributed by atoms with Crippen molar-refractivity contribution in [2.45, 2.75) is 26.3 Å². The maximum absolute atomic E-state index is 11.3. The molecule has 0 aliphatic rings. The van der Waals surface area contributed by atoms with E-state index < -0.39 is 12.0 Å². The molecule has 1 unspecified atom stereocenters. The molecular weight excluding hydrogens is 240 g/mol. The van der Waals surface area contributed by atoms with Crippen LogP contribution >= 0.6 is 11.3 Å². The predicted octanol–water partition coefficient (Wildman–Crippen LogP) is 1.37. The van der Waals surface area contributed by atoms with E-state index in [9.17, 15) is 9.59 Å². The van der Waals surface area contributed by atoms with Crippen LogP contribution in [0, 0.1) is 6.92 Å². The van der Waals surface area contributed by atoms with Gasteiger partial charge in [-0.1, -0.05) is 0 Å². The fourth-order valence-corrected chi connectivity index (χ4v) is 2.40. The summed E-state index contributed by atoms with van der Waals surface area (Å²) in [6.45, 7) is 3.55. The van der Waals surface area contributed by atoms with Crippen LogP contribution in [0.1, 0.15) is 16.7 Å². The highest BCUT2D eigenvalue weighted by Gasteiger charge is 2.09. The van der Waals surface area contributed by atoms with E-state index in [1.165, 1.54) is 9.75 Å². The maximum Gasteiger partial charge on any atom is 0.323 e. The highest BCUT2D eigenvalue weighted by molar-refractivity contribution is 7.11. The molecule has 1 aromatic heterocycles. The summed E-state index contributed by atoms with van der Waals surface area (Å²) in [7, 11) is 0. The van der Waals surface area contributed by atoms with Crippen molar-refractivity contribution in [3.63, 3.8) is 0 Å². The highest BCUT2D eigenvalue weighted by Crippen LogP contribution is 2.16. The van der Waals surface area contributed by atoms with Crippen LogP contribution in [0.2, 0.25) is 0 Å². The Bertz CT molecular complexity index is 403. The van der Waals surface area contributed by atoms with Gasteiger partial charge in [-0.05, 0) is 26.0 Å². The molecule has 5 nitrogen and oxygen atoms in total. The molecule has 1 atom stereocenters. The molecule has 0 aliphatic heterocycles. The second kappa shape index (κ2) is 6.24. The Morgan fingerprint density at radius 1 is 1.47 bits per heavy atom. The third-order valence-electron chi connectivity index (χ3n) is 2.08. The number of nitrogens with one attached hydrogen (secondary N) is 2. The molecule has 6 heteroatoms. The summed E-state index contributed by atoms with van der Waals surface area (Å²) in [5, 5.41) is 13.3. The first-order chi connectivity index (χ1) is 7.97. The van der Waals surface area contributed by atoms with E-state index in [0.717, 1.165) is 6.42 Å². The number of thiophene rings is 1. The van der Waals surface area contributed by atoms with Crippen molar-refractivity contribution in [1.82, 2.24) is 10.6 Å². The zero-order chi connectivity index (χ0) is 12.8. The minimum Gasteiger partial charge on any atom is -0.480 e. The van der Waals surface area contributed by atoms with Gasteiger partial charge in [0.15, 0.2) is 0 Å². The fourth-order valence-electron chi connectivity index (χ4n) is 1.38. The van der Waals surface area contributed by atoms with Crippen molar-refractivity contribution in [2.24, 2.45) is 0 Å². The second-order valence-corrected chi connectivity index (χ2v) is 5.21. The van der Waals surface area contributed by atoms with E-state index in [4.69, 9.17) is 5.11 Å². The fraction of sp³-hybridized carbons (Fsp3) is 0.455. The molecule has 1 heterocycles. The molecule has 2 amide bonds. The van der Waals surface area contributed by atoms with Gasteiger partial charge in [0.1, 0.15) is 6.54 Å². The molecule has 1 rings (SSSR count). The van der Waals surface area contributed by atoms with Crippen molar-refractivity contribution >= 4 is 23.3 Å². The summed E-state index contributed by atoms with van der Waals surface area (Å²) < 4.78 is 0. The van der Waals surface area contributed by atoms with Crippen LogP contribution in [0.5, 0.6) is 0 Å². The van der Waals surface area contributed by atoms with Gasteiger partial charge in [-0.2, -0.15) is 0 Å². The second-order valence-electron chi connectivity index (χ2n) is 3.84. The van der Waals surface area contributed by atoms with Crippen LogP contribution in [0.15, 0.2) is 12.1 Å². The van der Waals surface area contributed by atoms with Crippen molar-refractivity contribution in [1.29, 1.82) is 0 Å². The van der Waals surface area contributed by atoms with Crippen molar-refractivity contribution < 1.29 is 14.7 Å². The Morgan fingerprint density at radius 3 is 2.71 bits per heavy atom. The van der Waals surface area contributed by atoms with E-state index in [1.807, 2.05) is 26.0 Å². The summed E-state index contributed by atoms with van der Waals surface area (Å²) in [5.41, 5.74) is 0. The number of aliphatic carboxylic acids is 1. The molecular formula is C11H16N2O3S. The lowest BCUT2D eigenvalue weighted by Crippen LogP contribution is -2.43. The zero-order valence-electron chi connectivity index (χ0n) is 9.82. The van der Waals surface area contributed by atoms with Crippen LogP contribution in [0.3, 0.4) is 0 Å². The van der Waals surface area contributed by atoms with Gasteiger partial charge in [-0.3, -0.25) is 4.79 Å². The Labute approximate surface area is 104 Å². The van der Waals surface area contributed by atoms with Crippen molar-refractivity contribution in [3.8, 4) is 0 Å². The summed E-state index contributed by atoms with van der Waals surface area (Å²) in [4.78, 5) is 24.0. The summed E-state index contributed by atoms with van der Waals surface area (Å²) in [6, 6.07) is 3.60. The molecule has 0 spiro atoms. The summed E-state index contributed by atoms with van der Waals surface area (Å²) in [6.07, 6.45) is 0.749. The number of hydrogen-bond donors (Lipinski definition) is 3. The first-order valence-electron chi connectivity index (χ1n) is 5.29. The van der Waals surface area contributed by atoms with Crippen LogP contribution < -0.4 is 10.6 Å². The predicted molar refractivity (Wildman–Crippen MR) is 66.4 cm³/mol. The van der Waals surface area contributed by atoms with Gasteiger partial charge < -0.3 is 15.7 Å².